The Kier molecular flexibility index (Phi) is 4.12. The van der Waals surface area contributed by atoms with Crippen molar-refractivity contribution in [2.45, 2.75) is 17.4 Å². The van der Waals surface area contributed by atoms with Crippen molar-refractivity contribution in [1.29, 1.82) is 0 Å². The SMILES string of the molecule is COc1ccc(Br)cc1S(=O)(=O)NC1CNC(=O)C1. The molecular formula is C11H13BrN2O4S. The lowest BCUT2D eigenvalue weighted by molar-refractivity contribution is -0.119. The highest BCUT2D eigenvalue weighted by Crippen LogP contribution is 2.27. The smallest absolute Gasteiger partial charge is 0.244 e. The molecule has 0 saturated carbocycles. The molecule has 0 radical (unpaired) electrons. The van der Waals surface area contributed by atoms with Crippen LogP contribution in [0, 0.1) is 0 Å². The molecule has 1 fully saturated rings. The maximum absolute atomic E-state index is 12.3. The predicted octanol–water partition coefficient (Wildman–Crippen LogP) is 0.624. The molecule has 1 heterocycles. The van der Waals surface area contributed by atoms with Gasteiger partial charge in [0.15, 0.2) is 0 Å². The quantitative estimate of drug-likeness (QED) is 0.835. The van der Waals surface area contributed by atoms with Crippen LogP contribution >= 0.6 is 15.9 Å². The van der Waals surface area contributed by atoms with Crippen molar-refractivity contribution in [3.8, 4) is 5.75 Å². The molecule has 0 aromatic heterocycles. The minimum Gasteiger partial charge on any atom is -0.495 e. The van der Waals surface area contributed by atoms with E-state index in [0.29, 0.717) is 11.0 Å². The van der Waals surface area contributed by atoms with Gasteiger partial charge >= 0.3 is 0 Å². The summed E-state index contributed by atoms with van der Waals surface area (Å²) < 4.78 is 32.7. The Morgan fingerprint density at radius 3 is 2.79 bits per heavy atom. The van der Waals surface area contributed by atoms with Crippen LogP contribution in [-0.4, -0.2) is 34.0 Å². The Morgan fingerprint density at radius 2 is 2.21 bits per heavy atom. The highest BCUT2D eigenvalue weighted by atomic mass is 79.9. The molecule has 1 amide bonds. The molecule has 1 atom stereocenters. The maximum atomic E-state index is 12.3. The summed E-state index contributed by atoms with van der Waals surface area (Å²) >= 11 is 3.23. The number of sulfonamides is 1. The van der Waals surface area contributed by atoms with Gasteiger partial charge in [0.05, 0.1) is 7.11 Å². The number of benzene rings is 1. The average molecular weight is 349 g/mol. The molecule has 0 spiro atoms. The van der Waals surface area contributed by atoms with Gasteiger partial charge in [0, 0.05) is 23.5 Å². The summed E-state index contributed by atoms with van der Waals surface area (Å²) in [5.74, 6) is 0.0990. The Labute approximate surface area is 119 Å². The van der Waals surface area contributed by atoms with E-state index in [1.54, 1.807) is 12.1 Å². The molecule has 8 heteroatoms. The number of carbonyl (C=O) groups excluding carboxylic acids is 1. The van der Waals surface area contributed by atoms with Crippen LogP contribution in [0.15, 0.2) is 27.6 Å². The van der Waals surface area contributed by atoms with Crippen LogP contribution in [0.2, 0.25) is 0 Å². The largest absolute Gasteiger partial charge is 0.495 e. The third kappa shape index (κ3) is 3.26. The molecular weight excluding hydrogens is 336 g/mol. The zero-order valence-corrected chi connectivity index (χ0v) is 12.5. The number of halogens is 1. The van der Waals surface area contributed by atoms with Gasteiger partial charge in [0.1, 0.15) is 10.6 Å². The normalized spacial score (nSPS) is 19.3. The number of ether oxygens (including phenoxy) is 1. The minimum atomic E-state index is -3.73. The number of carbonyl (C=O) groups is 1. The van der Waals surface area contributed by atoms with E-state index in [2.05, 4.69) is 26.0 Å². The van der Waals surface area contributed by atoms with Crippen LogP contribution in [0.1, 0.15) is 6.42 Å². The summed E-state index contributed by atoms with van der Waals surface area (Å²) in [6.07, 6.45) is 0.148. The van der Waals surface area contributed by atoms with E-state index in [4.69, 9.17) is 4.74 Å². The average Bonchev–Trinajstić information content (AvgIpc) is 2.74. The van der Waals surface area contributed by atoms with Crippen molar-refractivity contribution < 1.29 is 17.9 Å². The van der Waals surface area contributed by atoms with Gasteiger partial charge in [-0.05, 0) is 18.2 Å². The van der Waals surface area contributed by atoms with Gasteiger partial charge in [-0.3, -0.25) is 4.79 Å². The summed E-state index contributed by atoms with van der Waals surface area (Å²) in [6.45, 7) is 0.300. The minimum absolute atomic E-state index is 0.0451. The zero-order valence-electron chi connectivity index (χ0n) is 10.1. The molecule has 104 valence electrons. The Bertz CT molecular complexity index is 603. The lowest BCUT2D eigenvalue weighted by Gasteiger charge is -2.14. The summed E-state index contributed by atoms with van der Waals surface area (Å²) in [7, 11) is -2.32. The topological polar surface area (TPSA) is 84.5 Å². The summed E-state index contributed by atoms with van der Waals surface area (Å²) in [4.78, 5) is 11.1. The van der Waals surface area contributed by atoms with E-state index >= 15 is 0 Å². The van der Waals surface area contributed by atoms with E-state index in [1.165, 1.54) is 13.2 Å². The van der Waals surface area contributed by atoms with E-state index in [1.807, 2.05) is 0 Å². The highest BCUT2D eigenvalue weighted by molar-refractivity contribution is 9.10. The second kappa shape index (κ2) is 5.48. The van der Waals surface area contributed by atoms with E-state index in [9.17, 15) is 13.2 Å². The molecule has 1 aliphatic rings. The van der Waals surface area contributed by atoms with Gasteiger partial charge in [-0.2, -0.15) is 0 Å². The fourth-order valence-electron chi connectivity index (χ4n) is 1.83. The van der Waals surface area contributed by atoms with Crippen LogP contribution in [-0.2, 0) is 14.8 Å². The Morgan fingerprint density at radius 1 is 1.47 bits per heavy atom. The summed E-state index contributed by atoms with van der Waals surface area (Å²) in [6, 6.07) is 4.29. The molecule has 0 bridgehead atoms. The molecule has 2 rings (SSSR count). The number of rotatable bonds is 4. The lowest BCUT2D eigenvalue weighted by atomic mass is 10.3. The molecule has 1 aromatic carbocycles. The predicted molar refractivity (Wildman–Crippen MR) is 72.4 cm³/mol. The van der Waals surface area contributed by atoms with Gasteiger partial charge in [-0.15, -0.1) is 0 Å². The first kappa shape index (κ1) is 14.3. The standard InChI is InChI=1S/C11H13BrN2O4S/c1-18-9-3-2-7(12)4-10(9)19(16,17)14-8-5-11(15)13-6-8/h2-4,8,14H,5-6H2,1H3,(H,13,15). The van der Waals surface area contributed by atoms with Crippen LogP contribution in [0.3, 0.4) is 0 Å². The van der Waals surface area contributed by atoms with Gasteiger partial charge in [0.2, 0.25) is 15.9 Å². The van der Waals surface area contributed by atoms with Gasteiger partial charge in [-0.25, -0.2) is 13.1 Å². The van der Waals surface area contributed by atoms with E-state index in [0.717, 1.165) is 0 Å². The van der Waals surface area contributed by atoms with Gasteiger partial charge in [0.25, 0.3) is 0 Å². The molecule has 2 N–H and O–H groups in total. The van der Waals surface area contributed by atoms with E-state index < -0.39 is 16.1 Å². The summed E-state index contributed by atoms with van der Waals surface area (Å²) in [5.41, 5.74) is 0. The van der Waals surface area contributed by atoms with Gasteiger partial charge < -0.3 is 10.1 Å². The second-order valence-electron chi connectivity index (χ2n) is 4.12. The van der Waals surface area contributed by atoms with Crippen molar-refractivity contribution >= 4 is 31.9 Å². The summed E-state index contributed by atoms with van der Waals surface area (Å²) in [5, 5.41) is 2.58. The molecule has 1 unspecified atom stereocenters. The van der Waals surface area contributed by atoms with Crippen LogP contribution < -0.4 is 14.8 Å². The number of hydrogen-bond donors (Lipinski definition) is 2. The zero-order chi connectivity index (χ0) is 14.0. The number of hydrogen-bond acceptors (Lipinski definition) is 4. The molecule has 0 aliphatic carbocycles. The molecule has 1 aromatic rings. The van der Waals surface area contributed by atoms with Crippen LogP contribution in [0.25, 0.3) is 0 Å². The molecule has 1 aliphatic heterocycles. The van der Waals surface area contributed by atoms with Crippen molar-refractivity contribution in [1.82, 2.24) is 10.0 Å². The van der Waals surface area contributed by atoms with Crippen molar-refractivity contribution in [3.63, 3.8) is 0 Å². The first-order chi connectivity index (χ1) is 8.92. The van der Waals surface area contributed by atoms with Crippen molar-refractivity contribution in [3.05, 3.63) is 22.7 Å². The fourth-order valence-corrected chi connectivity index (χ4v) is 3.78. The number of methoxy groups -OCH3 is 1. The second-order valence-corrected chi connectivity index (χ2v) is 6.72. The van der Waals surface area contributed by atoms with E-state index in [-0.39, 0.29) is 23.0 Å². The fraction of sp³-hybridized carbons (Fsp3) is 0.364. The lowest BCUT2D eigenvalue weighted by Crippen LogP contribution is -2.36. The first-order valence-electron chi connectivity index (χ1n) is 5.55. The van der Waals surface area contributed by atoms with Crippen LogP contribution in [0.4, 0.5) is 0 Å². The first-order valence-corrected chi connectivity index (χ1v) is 7.82. The maximum Gasteiger partial charge on any atom is 0.244 e. The molecule has 19 heavy (non-hydrogen) atoms. The Balaban J connectivity index is 2.28. The number of amides is 1. The van der Waals surface area contributed by atoms with Crippen molar-refractivity contribution in [2.24, 2.45) is 0 Å². The third-order valence-electron chi connectivity index (χ3n) is 2.71. The highest BCUT2D eigenvalue weighted by Gasteiger charge is 2.28. The molecule has 6 nitrogen and oxygen atoms in total. The molecule has 1 saturated heterocycles. The monoisotopic (exact) mass is 348 g/mol. The van der Waals surface area contributed by atoms with Crippen LogP contribution in [0.5, 0.6) is 5.75 Å². The Hall–Kier alpha value is -1.12. The van der Waals surface area contributed by atoms with Crippen molar-refractivity contribution in [2.75, 3.05) is 13.7 Å². The number of nitrogens with one attached hydrogen (secondary N) is 2. The van der Waals surface area contributed by atoms with Gasteiger partial charge in [-0.1, -0.05) is 15.9 Å². The third-order valence-corrected chi connectivity index (χ3v) is 4.75.